The average Bonchev–Trinajstić information content (AvgIpc) is 3.09. The second-order valence-electron chi connectivity index (χ2n) is 5.12. The highest BCUT2D eigenvalue weighted by Gasteiger charge is 2.28. The Morgan fingerprint density at radius 3 is 2.41 bits per heavy atom. The lowest BCUT2D eigenvalue weighted by molar-refractivity contribution is 0.0696. The van der Waals surface area contributed by atoms with E-state index in [-0.39, 0.29) is 11.9 Å². The Labute approximate surface area is 103 Å². The van der Waals surface area contributed by atoms with Gasteiger partial charge < -0.3 is 10.6 Å². The highest BCUT2D eigenvalue weighted by Crippen LogP contribution is 2.30. The number of carbonyl (C=O) groups excluding carboxylic acids is 1. The molecule has 0 saturated heterocycles. The summed E-state index contributed by atoms with van der Waals surface area (Å²) in [6.45, 7) is 5.02. The van der Waals surface area contributed by atoms with E-state index in [0.29, 0.717) is 5.69 Å². The maximum atomic E-state index is 12.3. The summed E-state index contributed by atoms with van der Waals surface area (Å²) in [5.41, 5.74) is 7.05. The van der Waals surface area contributed by atoms with Crippen molar-refractivity contribution < 1.29 is 4.79 Å². The Hall–Kier alpha value is -1.51. The van der Waals surface area contributed by atoms with E-state index >= 15 is 0 Å². The Balaban J connectivity index is 2.11. The van der Waals surface area contributed by atoms with Gasteiger partial charge in [0.05, 0.1) is 0 Å². The molecule has 0 heterocycles. The molecule has 1 aromatic carbocycles. The molecule has 1 saturated carbocycles. The molecular weight excluding hydrogens is 212 g/mol. The van der Waals surface area contributed by atoms with E-state index in [2.05, 4.69) is 13.8 Å². The van der Waals surface area contributed by atoms with Gasteiger partial charge in [0.25, 0.3) is 5.91 Å². The zero-order valence-corrected chi connectivity index (χ0v) is 10.5. The summed E-state index contributed by atoms with van der Waals surface area (Å²) < 4.78 is 0. The van der Waals surface area contributed by atoms with Crippen LogP contribution < -0.4 is 5.73 Å². The molecule has 0 aromatic heterocycles. The Bertz CT molecular complexity index is 393. The Morgan fingerprint density at radius 1 is 1.35 bits per heavy atom. The minimum Gasteiger partial charge on any atom is -0.399 e. The van der Waals surface area contributed by atoms with E-state index in [1.54, 1.807) is 24.3 Å². The van der Waals surface area contributed by atoms with Crippen molar-refractivity contribution >= 4 is 11.6 Å². The molecule has 1 amide bonds. The first-order chi connectivity index (χ1) is 8.08. The summed E-state index contributed by atoms with van der Waals surface area (Å²) in [7, 11) is 0. The number of hydrogen-bond donors (Lipinski definition) is 1. The van der Waals surface area contributed by atoms with E-state index < -0.39 is 0 Å². The van der Waals surface area contributed by atoms with Crippen molar-refractivity contribution in [3.05, 3.63) is 29.8 Å². The normalized spacial score (nSPS) is 15.0. The van der Waals surface area contributed by atoms with Crippen LogP contribution in [0.1, 0.15) is 37.0 Å². The zero-order chi connectivity index (χ0) is 12.4. The van der Waals surface area contributed by atoms with Crippen LogP contribution in [0, 0.1) is 5.92 Å². The van der Waals surface area contributed by atoms with Gasteiger partial charge in [-0.3, -0.25) is 4.79 Å². The molecule has 0 unspecified atom stereocenters. The second-order valence-corrected chi connectivity index (χ2v) is 5.12. The van der Waals surface area contributed by atoms with Crippen molar-refractivity contribution in [2.24, 2.45) is 5.92 Å². The minimum atomic E-state index is 0.118. The molecule has 0 aliphatic heterocycles. The van der Waals surface area contributed by atoms with Crippen LogP contribution in [-0.2, 0) is 0 Å². The highest BCUT2D eigenvalue weighted by atomic mass is 16.2. The van der Waals surface area contributed by atoms with Crippen LogP contribution in [0.25, 0.3) is 0 Å². The molecule has 17 heavy (non-hydrogen) atoms. The molecule has 1 aliphatic rings. The lowest BCUT2D eigenvalue weighted by Gasteiger charge is -2.27. The first-order valence-corrected chi connectivity index (χ1v) is 6.24. The lowest BCUT2D eigenvalue weighted by Crippen LogP contribution is -2.38. The molecule has 2 N–H and O–H groups in total. The van der Waals surface area contributed by atoms with Crippen LogP contribution in [0.3, 0.4) is 0 Å². The maximum Gasteiger partial charge on any atom is 0.254 e. The Morgan fingerprint density at radius 2 is 1.94 bits per heavy atom. The molecule has 92 valence electrons. The average molecular weight is 232 g/mol. The maximum absolute atomic E-state index is 12.3. The molecule has 3 heteroatoms. The second kappa shape index (κ2) is 4.78. The van der Waals surface area contributed by atoms with Gasteiger partial charge in [-0.15, -0.1) is 0 Å². The lowest BCUT2D eigenvalue weighted by atomic mass is 10.1. The number of carbonyl (C=O) groups is 1. The molecule has 1 aromatic rings. The van der Waals surface area contributed by atoms with Crippen molar-refractivity contribution in [1.82, 2.24) is 4.90 Å². The fourth-order valence-electron chi connectivity index (χ4n) is 1.90. The van der Waals surface area contributed by atoms with Gasteiger partial charge in [-0.25, -0.2) is 0 Å². The summed E-state index contributed by atoms with van der Waals surface area (Å²) in [5.74, 6) is 0.835. The van der Waals surface area contributed by atoms with Gasteiger partial charge in [0.15, 0.2) is 0 Å². The van der Waals surface area contributed by atoms with E-state index in [0.717, 1.165) is 18.0 Å². The van der Waals surface area contributed by atoms with Gasteiger partial charge >= 0.3 is 0 Å². The predicted octanol–water partition coefficient (Wildman–Crippen LogP) is 2.53. The van der Waals surface area contributed by atoms with E-state index in [9.17, 15) is 4.79 Å². The zero-order valence-electron chi connectivity index (χ0n) is 10.5. The standard InChI is InChI=1S/C14H20N2O/c1-10(2)16(9-11-3-4-11)14(17)12-5-7-13(15)8-6-12/h5-8,10-11H,3-4,9,15H2,1-2H3. The molecule has 0 spiro atoms. The first kappa shape index (κ1) is 12.0. The Kier molecular flexibility index (Phi) is 3.36. The number of benzene rings is 1. The van der Waals surface area contributed by atoms with Gasteiger partial charge in [-0.1, -0.05) is 0 Å². The topological polar surface area (TPSA) is 46.3 Å². The third kappa shape index (κ3) is 2.99. The predicted molar refractivity (Wildman–Crippen MR) is 69.8 cm³/mol. The number of nitrogens with two attached hydrogens (primary N) is 1. The monoisotopic (exact) mass is 232 g/mol. The van der Waals surface area contributed by atoms with Crippen LogP contribution in [0.15, 0.2) is 24.3 Å². The van der Waals surface area contributed by atoms with E-state index in [4.69, 9.17) is 5.73 Å². The van der Waals surface area contributed by atoms with Crippen LogP contribution in [0.5, 0.6) is 0 Å². The third-order valence-electron chi connectivity index (χ3n) is 3.19. The molecule has 3 nitrogen and oxygen atoms in total. The van der Waals surface area contributed by atoms with E-state index in [1.165, 1.54) is 12.8 Å². The molecule has 2 rings (SSSR count). The quantitative estimate of drug-likeness (QED) is 0.811. The van der Waals surface area contributed by atoms with Crippen molar-refractivity contribution in [1.29, 1.82) is 0 Å². The van der Waals surface area contributed by atoms with Crippen molar-refractivity contribution in [2.45, 2.75) is 32.7 Å². The number of rotatable bonds is 4. The molecule has 0 bridgehead atoms. The number of nitrogens with zero attached hydrogens (tertiary/aromatic N) is 1. The van der Waals surface area contributed by atoms with Crippen LogP contribution in [-0.4, -0.2) is 23.4 Å². The molecule has 0 atom stereocenters. The van der Waals surface area contributed by atoms with Gasteiger partial charge in [-0.05, 0) is 56.9 Å². The smallest absolute Gasteiger partial charge is 0.254 e. The largest absolute Gasteiger partial charge is 0.399 e. The summed E-state index contributed by atoms with van der Waals surface area (Å²) in [6, 6.07) is 7.42. The fourth-order valence-corrected chi connectivity index (χ4v) is 1.90. The third-order valence-corrected chi connectivity index (χ3v) is 3.19. The van der Waals surface area contributed by atoms with Gasteiger partial charge in [0.2, 0.25) is 0 Å². The van der Waals surface area contributed by atoms with Crippen molar-refractivity contribution in [3.63, 3.8) is 0 Å². The number of anilines is 1. The number of nitrogen functional groups attached to an aromatic ring is 1. The molecular formula is C14H20N2O. The minimum absolute atomic E-state index is 0.118. The number of hydrogen-bond acceptors (Lipinski definition) is 2. The summed E-state index contributed by atoms with van der Waals surface area (Å²) >= 11 is 0. The van der Waals surface area contributed by atoms with Crippen molar-refractivity contribution in [2.75, 3.05) is 12.3 Å². The van der Waals surface area contributed by atoms with Crippen molar-refractivity contribution in [3.8, 4) is 0 Å². The summed E-state index contributed by atoms with van der Waals surface area (Å²) in [6.07, 6.45) is 2.52. The van der Waals surface area contributed by atoms with Crippen LogP contribution in [0.2, 0.25) is 0 Å². The first-order valence-electron chi connectivity index (χ1n) is 6.24. The van der Waals surface area contributed by atoms with Gasteiger partial charge in [-0.2, -0.15) is 0 Å². The highest BCUT2D eigenvalue weighted by molar-refractivity contribution is 5.94. The fraction of sp³-hybridized carbons (Fsp3) is 0.500. The van der Waals surface area contributed by atoms with Gasteiger partial charge in [0, 0.05) is 23.8 Å². The van der Waals surface area contributed by atoms with E-state index in [1.807, 2.05) is 4.90 Å². The van der Waals surface area contributed by atoms with Crippen LogP contribution in [0.4, 0.5) is 5.69 Å². The summed E-state index contributed by atoms with van der Waals surface area (Å²) in [4.78, 5) is 14.3. The molecule has 1 aliphatic carbocycles. The molecule has 0 radical (unpaired) electrons. The van der Waals surface area contributed by atoms with Gasteiger partial charge in [0.1, 0.15) is 0 Å². The van der Waals surface area contributed by atoms with Crippen LogP contribution >= 0.6 is 0 Å². The molecule has 1 fully saturated rings. The number of amides is 1. The summed E-state index contributed by atoms with van der Waals surface area (Å²) in [5, 5.41) is 0. The SMILES string of the molecule is CC(C)N(CC1CC1)C(=O)c1ccc(N)cc1.